The smallest absolute Gasteiger partial charge is 0.0791 e. The molecule has 0 aromatic carbocycles. The maximum absolute atomic E-state index is 9.36. The Hall–Kier alpha value is -1.53. The number of nitrogens with zero attached hydrogens (tertiary/aromatic N) is 2. The van der Waals surface area contributed by atoms with Crippen molar-refractivity contribution in [3.05, 3.63) is 23.5 Å². The fraction of sp³-hybridized carbons (Fsp3) is 0.500. The van der Waals surface area contributed by atoms with Gasteiger partial charge in [-0.15, -0.1) is 6.42 Å². The van der Waals surface area contributed by atoms with Gasteiger partial charge in [-0.2, -0.15) is 0 Å². The quantitative estimate of drug-likeness (QED) is 0.783. The highest BCUT2D eigenvalue weighted by Crippen LogP contribution is 2.32. The molecular formula is C14H18N2O. The SMILES string of the molecule is C#CCN(CC1CC1)c1cc(C)ncc1CO. The van der Waals surface area contributed by atoms with Crippen molar-refractivity contribution in [1.82, 2.24) is 4.98 Å². The Morgan fingerprint density at radius 1 is 1.59 bits per heavy atom. The van der Waals surface area contributed by atoms with E-state index in [-0.39, 0.29) is 6.61 Å². The molecule has 0 aliphatic heterocycles. The lowest BCUT2D eigenvalue weighted by atomic mass is 10.2. The predicted molar refractivity (Wildman–Crippen MR) is 68.7 cm³/mol. The molecule has 0 saturated heterocycles. The Morgan fingerprint density at radius 3 is 2.94 bits per heavy atom. The van der Waals surface area contributed by atoms with Crippen molar-refractivity contribution in [2.75, 3.05) is 18.0 Å². The minimum Gasteiger partial charge on any atom is -0.392 e. The maximum Gasteiger partial charge on any atom is 0.0791 e. The van der Waals surface area contributed by atoms with Gasteiger partial charge >= 0.3 is 0 Å². The van der Waals surface area contributed by atoms with Crippen LogP contribution in [0.25, 0.3) is 0 Å². The summed E-state index contributed by atoms with van der Waals surface area (Å²) in [5.74, 6) is 3.46. The number of aliphatic hydroxyl groups excluding tert-OH is 1. The number of anilines is 1. The van der Waals surface area contributed by atoms with Gasteiger partial charge in [0.05, 0.1) is 13.2 Å². The van der Waals surface area contributed by atoms with Crippen molar-refractivity contribution in [3.8, 4) is 12.3 Å². The largest absolute Gasteiger partial charge is 0.392 e. The molecular weight excluding hydrogens is 212 g/mol. The highest BCUT2D eigenvalue weighted by atomic mass is 16.3. The Kier molecular flexibility index (Phi) is 3.65. The summed E-state index contributed by atoms with van der Waals surface area (Å²) in [5, 5.41) is 9.36. The predicted octanol–water partition coefficient (Wildman–Crippen LogP) is 1.73. The van der Waals surface area contributed by atoms with E-state index in [1.54, 1.807) is 6.20 Å². The second-order valence-corrected chi connectivity index (χ2v) is 4.64. The molecule has 90 valence electrons. The third-order valence-corrected chi connectivity index (χ3v) is 3.07. The van der Waals surface area contributed by atoms with Crippen molar-refractivity contribution in [1.29, 1.82) is 0 Å². The topological polar surface area (TPSA) is 36.4 Å². The van der Waals surface area contributed by atoms with E-state index in [4.69, 9.17) is 6.42 Å². The summed E-state index contributed by atoms with van der Waals surface area (Å²) >= 11 is 0. The molecule has 1 aliphatic rings. The highest BCUT2D eigenvalue weighted by molar-refractivity contribution is 5.54. The number of aliphatic hydroxyl groups is 1. The summed E-state index contributed by atoms with van der Waals surface area (Å²) in [6.45, 7) is 3.54. The summed E-state index contributed by atoms with van der Waals surface area (Å²) in [6.07, 6.45) is 9.74. The summed E-state index contributed by atoms with van der Waals surface area (Å²) in [4.78, 5) is 6.39. The van der Waals surface area contributed by atoms with Crippen molar-refractivity contribution in [2.45, 2.75) is 26.4 Å². The number of rotatable bonds is 5. The van der Waals surface area contributed by atoms with Crippen LogP contribution in [0.15, 0.2) is 12.3 Å². The summed E-state index contributed by atoms with van der Waals surface area (Å²) in [5.41, 5.74) is 2.84. The zero-order chi connectivity index (χ0) is 12.3. The van der Waals surface area contributed by atoms with Gasteiger partial charge in [-0.1, -0.05) is 5.92 Å². The molecule has 1 aliphatic carbocycles. The van der Waals surface area contributed by atoms with E-state index in [0.29, 0.717) is 6.54 Å². The molecule has 0 atom stereocenters. The molecule has 3 heteroatoms. The normalized spacial score (nSPS) is 14.4. The molecule has 1 N–H and O–H groups in total. The first kappa shape index (κ1) is 11.9. The van der Waals surface area contributed by atoms with Crippen molar-refractivity contribution in [3.63, 3.8) is 0 Å². The third-order valence-electron chi connectivity index (χ3n) is 3.07. The van der Waals surface area contributed by atoms with Gasteiger partial charge in [0.15, 0.2) is 0 Å². The molecule has 3 nitrogen and oxygen atoms in total. The van der Waals surface area contributed by atoms with Crippen molar-refractivity contribution in [2.24, 2.45) is 5.92 Å². The van der Waals surface area contributed by atoms with E-state index >= 15 is 0 Å². The van der Waals surface area contributed by atoms with E-state index < -0.39 is 0 Å². The molecule has 1 saturated carbocycles. The Balaban J connectivity index is 2.26. The minimum absolute atomic E-state index is 0.00829. The Morgan fingerprint density at radius 2 is 2.35 bits per heavy atom. The molecule has 0 bridgehead atoms. The zero-order valence-corrected chi connectivity index (χ0v) is 10.2. The standard InChI is InChI=1S/C14H18N2O/c1-3-6-16(9-12-4-5-12)14-7-11(2)15-8-13(14)10-17/h1,7-8,12,17H,4-6,9-10H2,2H3. The molecule has 1 aromatic rings. The molecule has 17 heavy (non-hydrogen) atoms. The van der Waals surface area contributed by atoms with E-state index in [2.05, 4.69) is 15.8 Å². The van der Waals surface area contributed by atoms with Gasteiger partial charge in [0.25, 0.3) is 0 Å². The lowest BCUT2D eigenvalue weighted by Crippen LogP contribution is -2.27. The lowest BCUT2D eigenvalue weighted by molar-refractivity contribution is 0.281. The molecule has 2 rings (SSSR count). The number of terminal acetylenes is 1. The first-order chi connectivity index (χ1) is 8.24. The van der Waals surface area contributed by atoms with E-state index in [0.717, 1.165) is 29.4 Å². The van der Waals surface area contributed by atoms with Gasteiger partial charge in [0.1, 0.15) is 0 Å². The first-order valence-corrected chi connectivity index (χ1v) is 5.99. The summed E-state index contributed by atoms with van der Waals surface area (Å²) in [6, 6.07) is 2.01. The summed E-state index contributed by atoms with van der Waals surface area (Å²) < 4.78 is 0. The van der Waals surface area contributed by atoms with Gasteiger partial charge < -0.3 is 10.0 Å². The minimum atomic E-state index is 0.00829. The van der Waals surface area contributed by atoms with Crippen LogP contribution in [0.2, 0.25) is 0 Å². The average molecular weight is 230 g/mol. The molecule has 0 radical (unpaired) electrons. The monoisotopic (exact) mass is 230 g/mol. The van der Waals surface area contributed by atoms with Crippen LogP contribution in [0.5, 0.6) is 0 Å². The van der Waals surface area contributed by atoms with Crippen LogP contribution in [0, 0.1) is 25.2 Å². The van der Waals surface area contributed by atoms with Gasteiger partial charge in [-0.25, -0.2) is 0 Å². The first-order valence-electron chi connectivity index (χ1n) is 5.99. The van der Waals surface area contributed by atoms with Crippen LogP contribution in [-0.4, -0.2) is 23.2 Å². The zero-order valence-electron chi connectivity index (χ0n) is 10.2. The van der Waals surface area contributed by atoms with Crippen LogP contribution < -0.4 is 4.90 Å². The highest BCUT2D eigenvalue weighted by Gasteiger charge is 2.25. The second kappa shape index (κ2) is 5.20. The van der Waals surface area contributed by atoms with Gasteiger partial charge in [-0.05, 0) is 31.7 Å². The fourth-order valence-corrected chi connectivity index (χ4v) is 1.96. The number of aromatic nitrogens is 1. The van der Waals surface area contributed by atoms with Crippen molar-refractivity contribution < 1.29 is 5.11 Å². The van der Waals surface area contributed by atoms with Gasteiger partial charge in [0, 0.05) is 29.7 Å². The van der Waals surface area contributed by atoms with Gasteiger partial charge in [0.2, 0.25) is 0 Å². The number of hydrogen-bond acceptors (Lipinski definition) is 3. The van der Waals surface area contributed by atoms with Crippen LogP contribution >= 0.6 is 0 Å². The van der Waals surface area contributed by atoms with Crippen LogP contribution in [0.1, 0.15) is 24.1 Å². The molecule has 0 amide bonds. The third kappa shape index (κ3) is 2.98. The number of pyridine rings is 1. The Bertz CT molecular complexity index is 432. The van der Waals surface area contributed by atoms with Crippen LogP contribution in [-0.2, 0) is 6.61 Å². The average Bonchev–Trinajstić information content (AvgIpc) is 3.12. The second-order valence-electron chi connectivity index (χ2n) is 4.64. The molecule has 0 spiro atoms. The van der Waals surface area contributed by atoms with E-state index in [1.165, 1.54) is 12.8 Å². The lowest BCUT2D eigenvalue weighted by Gasteiger charge is -2.24. The van der Waals surface area contributed by atoms with E-state index in [1.807, 2.05) is 13.0 Å². The fourth-order valence-electron chi connectivity index (χ4n) is 1.96. The molecule has 1 heterocycles. The molecule has 1 fully saturated rings. The Labute approximate surface area is 102 Å². The summed E-state index contributed by atoms with van der Waals surface area (Å²) in [7, 11) is 0. The van der Waals surface area contributed by atoms with Crippen LogP contribution in [0.4, 0.5) is 5.69 Å². The molecule has 1 aromatic heterocycles. The van der Waals surface area contributed by atoms with Crippen molar-refractivity contribution >= 4 is 5.69 Å². The number of aryl methyl sites for hydroxylation is 1. The van der Waals surface area contributed by atoms with Crippen LogP contribution in [0.3, 0.4) is 0 Å². The van der Waals surface area contributed by atoms with E-state index in [9.17, 15) is 5.11 Å². The maximum atomic E-state index is 9.36. The number of hydrogen-bond donors (Lipinski definition) is 1. The van der Waals surface area contributed by atoms with Gasteiger partial charge in [-0.3, -0.25) is 4.98 Å². The molecule has 0 unspecified atom stereocenters.